The van der Waals surface area contributed by atoms with Crippen molar-refractivity contribution in [2.24, 2.45) is 0 Å². The van der Waals surface area contributed by atoms with Crippen LogP contribution in [0.5, 0.6) is 0 Å². The largest absolute Gasteiger partial charge is 0.332 e. The first kappa shape index (κ1) is 24.0. The second-order valence-electron chi connectivity index (χ2n) is 8.82. The third kappa shape index (κ3) is 6.44. The van der Waals surface area contributed by atoms with Crippen molar-refractivity contribution in [2.75, 3.05) is 6.54 Å². The molecule has 0 N–H and O–H groups in total. The summed E-state index contributed by atoms with van der Waals surface area (Å²) in [4.78, 5) is 32.6. The highest BCUT2D eigenvalue weighted by atomic mass is 35.5. The molecular weight excluding hydrogens is 440 g/mol. The Bertz CT molecular complexity index is 1060. The number of carbonyl (C=O) groups is 2. The summed E-state index contributed by atoms with van der Waals surface area (Å²) < 4.78 is 0. The number of carbonyl (C=O) groups excluding carboxylic acids is 2. The molecule has 0 aliphatic heterocycles. The highest BCUT2D eigenvalue weighted by Crippen LogP contribution is 2.22. The van der Waals surface area contributed by atoms with Gasteiger partial charge in [0, 0.05) is 32.4 Å². The average molecular weight is 469 g/mol. The van der Waals surface area contributed by atoms with E-state index in [0.717, 1.165) is 10.4 Å². The minimum Gasteiger partial charge on any atom is -0.332 e. The van der Waals surface area contributed by atoms with Crippen molar-refractivity contribution in [1.82, 2.24) is 9.80 Å². The summed E-state index contributed by atoms with van der Waals surface area (Å²) in [5.41, 5.74) is 1.05. The molecule has 0 unspecified atom stereocenters. The van der Waals surface area contributed by atoms with Crippen LogP contribution in [-0.4, -0.2) is 33.7 Å². The van der Waals surface area contributed by atoms with Crippen LogP contribution in [0.4, 0.5) is 0 Å². The molecule has 2 aromatic carbocycles. The summed E-state index contributed by atoms with van der Waals surface area (Å²) >= 11 is 7.67. The quantitative estimate of drug-likeness (QED) is 0.415. The minimum absolute atomic E-state index is 0.00213. The number of thiophene rings is 1. The first-order valence-electron chi connectivity index (χ1n) is 10.6. The van der Waals surface area contributed by atoms with Crippen LogP contribution in [0, 0.1) is 6.92 Å². The maximum Gasteiger partial charge on any atom is 0.254 e. The van der Waals surface area contributed by atoms with Crippen molar-refractivity contribution in [2.45, 2.75) is 46.3 Å². The van der Waals surface area contributed by atoms with Gasteiger partial charge in [-0.05, 0) is 69.7 Å². The summed E-state index contributed by atoms with van der Waals surface area (Å²) in [5.74, 6) is -0.272. The van der Waals surface area contributed by atoms with Crippen LogP contribution in [0.15, 0.2) is 66.7 Å². The van der Waals surface area contributed by atoms with Crippen LogP contribution in [-0.2, 0) is 17.9 Å². The average Bonchev–Trinajstić information content (AvgIpc) is 3.16. The highest BCUT2D eigenvalue weighted by Gasteiger charge is 2.31. The second-order valence-corrected chi connectivity index (χ2v) is 10.6. The molecule has 4 nitrogen and oxygen atoms in total. The molecule has 0 atom stereocenters. The van der Waals surface area contributed by atoms with Crippen LogP contribution < -0.4 is 0 Å². The fourth-order valence-corrected chi connectivity index (χ4v) is 4.42. The van der Waals surface area contributed by atoms with Gasteiger partial charge in [-0.15, -0.1) is 11.3 Å². The van der Waals surface area contributed by atoms with E-state index in [9.17, 15) is 9.59 Å². The molecule has 0 bridgehead atoms. The normalized spacial score (nSPS) is 11.3. The Hall–Kier alpha value is -2.63. The lowest BCUT2D eigenvalue weighted by Crippen LogP contribution is -2.51. The summed E-state index contributed by atoms with van der Waals surface area (Å²) in [6.45, 7) is 8.89. The van der Waals surface area contributed by atoms with Crippen LogP contribution >= 0.6 is 22.9 Å². The van der Waals surface area contributed by atoms with Gasteiger partial charge in [-0.1, -0.05) is 41.9 Å². The highest BCUT2D eigenvalue weighted by molar-refractivity contribution is 7.11. The van der Waals surface area contributed by atoms with Gasteiger partial charge in [0.15, 0.2) is 0 Å². The molecule has 0 aliphatic carbocycles. The van der Waals surface area contributed by atoms with Crippen molar-refractivity contribution < 1.29 is 9.59 Å². The van der Waals surface area contributed by atoms with E-state index < -0.39 is 5.54 Å². The Kier molecular flexibility index (Phi) is 7.75. The van der Waals surface area contributed by atoms with Gasteiger partial charge in [-0.3, -0.25) is 9.59 Å². The molecule has 1 heterocycles. The summed E-state index contributed by atoms with van der Waals surface area (Å²) in [6, 6.07) is 20.8. The van der Waals surface area contributed by atoms with Crippen LogP contribution in [0.2, 0.25) is 5.02 Å². The van der Waals surface area contributed by atoms with E-state index >= 15 is 0 Å². The Morgan fingerprint density at radius 3 is 2.12 bits per heavy atom. The Morgan fingerprint density at radius 1 is 0.906 bits per heavy atom. The fourth-order valence-electron chi connectivity index (χ4n) is 3.39. The molecule has 0 spiro atoms. The molecule has 0 aliphatic rings. The number of hydrogen-bond donors (Lipinski definition) is 0. The number of halogens is 1. The van der Waals surface area contributed by atoms with Crippen molar-refractivity contribution in [3.8, 4) is 0 Å². The van der Waals surface area contributed by atoms with E-state index in [4.69, 9.17) is 11.6 Å². The lowest BCUT2D eigenvalue weighted by atomic mass is 10.0. The number of hydrogen-bond acceptors (Lipinski definition) is 3. The number of nitrogens with zero attached hydrogens (tertiary/aromatic N) is 2. The Labute approximate surface area is 199 Å². The molecule has 2 amide bonds. The van der Waals surface area contributed by atoms with E-state index in [1.54, 1.807) is 40.5 Å². The van der Waals surface area contributed by atoms with E-state index in [0.29, 0.717) is 23.7 Å². The van der Waals surface area contributed by atoms with Gasteiger partial charge < -0.3 is 9.80 Å². The van der Waals surface area contributed by atoms with Crippen molar-refractivity contribution in [1.29, 1.82) is 0 Å². The zero-order chi connectivity index (χ0) is 23.3. The maximum atomic E-state index is 13.5. The summed E-state index contributed by atoms with van der Waals surface area (Å²) in [6.07, 6.45) is 0. The van der Waals surface area contributed by atoms with E-state index in [1.807, 2.05) is 56.0 Å². The second kappa shape index (κ2) is 10.3. The van der Waals surface area contributed by atoms with Crippen molar-refractivity contribution in [3.05, 3.63) is 92.6 Å². The number of aryl methyl sites for hydroxylation is 1. The first-order chi connectivity index (χ1) is 15.1. The molecule has 0 saturated heterocycles. The third-order valence-corrected chi connectivity index (χ3v) is 6.39. The van der Waals surface area contributed by atoms with Crippen LogP contribution in [0.3, 0.4) is 0 Å². The first-order valence-corrected chi connectivity index (χ1v) is 11.8. The Morgan fingerprint density at radius 2 is 1.56 bits per heavy atom. The van der Waals surface area contributed by atoms with Gasteiger partial charge in [0.1, 0.15) is 6.54 Å². The summed E-state index contributed by atoms with van der Waals surface area (Å²) in [5, 5.41) is 0.570. The topological polar surface area (TPSA) is 40.6 Å². The standard InChI is InChI=1S/C26H29ClN2O2S/c1-19-10-15-23(32-19)17-28(16-20-8-6-5-7-9-20)24(30)18-29(26(2,3)4)25(31)21-11-13-22(27)14-12-21/h5-15H,16-18H2,1-4H3. The van der Waals surface area contributed by atoms with Crippen LogP contribution in [0.25, 0.3) is 0 Å². The van der Waals surface area contributed by atoms with Crippen molar-refractivity contribution in [3.63, 3.8) is 0 Å². The van der Waals surface area contributed by atoms with Gasteiger partial charge in [0.25, 0.3) is 5.91 Å². The maximum absolute atomic E-state index is 13.5. The summed E-state index contributed by atoms with van der Waals surface area (Å²) in [7, 11) is 0. The molecule has 6 heteroatoms. The molecular formula is C26H29ClN2O2S. The molecule has 32 heavy (non-hydrogen) atoms. The SMILES string of the molecule is Cc1ccc(CN(Cc2ccccc2)C(=O)CN(C(=O)c2ccc(Cl)cc2)C(C)(C)C)s1. The minimum atomic E-state index is -0.523. The van der Waals surface area contributed by atoms with Gasteiger partial charge >= 0.3 is 0 Å². The smallest absolute Gasteiger partial charge is 0.254 e. The van der Waals surface area contributed by atoms with Gasteiger partial charge in [0.2, 0.25) is 5.91 Å². The molecule has 0 fully saturated rings. The number of rotatable bonds is 7. The van der Waals surface area contributed by atoms with E-state index in [1.165, 1.54) is 4.88 Å². The Balaban J connectivity index is 1.84. The van der Waals surface area contributed by atoms with Crippen molar-refractivity contribution >= 4 is 34.8 Å². The number of benzene rings is 2. The molecule has 168 valence electrons. The van der Waals surface area contributed by atoms with Gasteiger partial charge in [-0.25, -0.2) is 0 Å². The molecule has 0 saturated carbocycles. The lowest BCUT2D eigenvalue weighted by molar-refractivity contribution is -0.134. The fraction of sp³-hybridized carbons (Fsp3) is 0.308. The predicted octanol–water partition coefficient (Wildman–Crippen LogP) is 6.18. The molecule has 1 aromatic heterocycles. The monoisotopic (exact) mass is 468 g/mol. The molecule has 0 radical (unpaired) electrons. The predicted molar refractivity (Wildman–Crippen MR) is 132 cm³/mol. The molecule has 3 aromatic rings. The molecule has 3 rings (SSSR count). The lowest BCUT2D eigenvalue weighted by Gasteiger charge is -2.37. The van der Waals surface area contributed by atoms with E-state index in [2.05, 4.69) is 19.1 Å². The third-order valence-electron chi connectivity index (χ3n) is 5.15. The zero-order valence-electron chi connectivity index (χ0n) is 19.0. The van der Waals surface area contributed by atoms with Gasteiger partial charge in [-0.2, -0.15) is 0 Å². The van der Waals surface area contributed by atoms with Crippen LogP contribution in [0.1, 0.15) is 46.4 Å². The number of amides is 2. The van der Waals surface area contributed by atoms with E-state index in [-0.39, 0.29) is 18.4 Å². The zero-order valence-corrected chi connectivity index (χ0v) is 20.5. The van der Waals surface area contributed by atoms with Gasteiger partial charge in [0.05, 0.1) is 6.54 Å².